The summed E-state index contributed by atoms with van der Waals surface area (Å²) in [5, 5.41) is 4.11. The number of alkyl halides is 2. The second-order valence-corrected chi connectivity index (χ2v) is 5.61. The van der Waals surface area contributed by atoms with E-state index in [1.165, 1.54) is 7.11 Å². The fourth-order valence-corrected chi connectivity index (χ4v) is 2.63. The second-order valence-electron chi connectivity index (χ2n) is 4.30. The molecule has 1 N–H and O–H groups in total. The molecule has 0 radical (unpaired) electrons. The highest BCUT2D eigenvalue weighted by molar-refractivity contribution is 7.11. The summed E-state index contributed by atoms with van der Waals surface area (Å²) in [4.78, 5) is 5.37. The number of thiazole rings is 1. The molecule has 0 amide bonds. The number of rotatable bonds is 7. The van der Waals surface area contributed by atoms with E-state index in [0.717, 1.165) is 9.88 Å². The Hall–Kier alpha value is -1.73. The van der Waals surface area contributed by atoms with Gasteiger partial charge in [-0.25, -0.2) is 4.98 Å². The van der Waals surface area contributed by atoms with E-state index in [0.29, 0.717) is 24.4 Å². The smallest absolute Gasteiger partial charge is 0.387 e. The van der Waals surface area contributed by atoms with Crippen molar-refractivity contribution in [3.05, 3.63) is 39.8 Å². The fourth-order valence-electron chi connectivity index (χ4n) is 1.87. The molecular formula is C14H16F2N2O2S. The first-order valence-corrected chi connectivity index (χ1v) is 7.14. The van der Waals surface area contributed by atoms with Gasteiger partial charge in [-0.15, -0.1) is 11.3 Å². The molecule has 0 aliphatic carbocycles. The maximum Gasteiger partial charge on any atom is 0.387 e. The minimum atomic E-state index is -2.89. The first-order chi connectivity index (χ1) is 10.1. The summed E-state index contributed by atoms with van der Waals surface area (Å²) in [6.45, 7) is 0.0566. The monoisotopic (exact) mass is 314 g/mol. The molecule has 1 aromatic heterocycles. The molecular weight excluding hydrogens is 298 g/mol. The number of methoxy groups -OCH3 is 1. The summed E-state index contributed by atoms with van der Waals surface area (Å²) >= 11 is 1.60. The van der Waals surface area contributed by atoms with Gasteiger partial charge in [-0.05, 0) is 13.0 Å². The van der Waals surface area contributed by atoms with Crippen molar-refractivity contribution in [1.29, 1.82) is 0 Å². The van der Waals surface area contributed by atoms with Crippen molar-refractivity contribution in [2.45, 2.75) is 26.6 Å². The number of aromatic nitrogens is 1. The van der Waals surface area contributed by atoms with Gasteiger partial charge < -0.3 is 14.8 Å². The quantitative estimate of drug-likeness (QED) is 0.851. The molecule has 2 aromatic rings. The van der Waals surface area contributed by atoms with Crippen molar-refractivity contribution < 1.29 is 18.3 Å². The number of nitrogens with zero attached hydrogens (tertiary/aromatic N) is 1. The number of nitrogens with one attached hydrogen (secondary N) is 1. The number of hydrogen-bond acceptors (Lipinski definition) is 5. The average Bonchev–Trinajstić information content (AvgIpc) is 2.85. The van der Waals surface area contributed by atoms with Crippen LogP contribution in [0, 0.1) is 6.92 Å². The van der Waals surface area contributed by atoms with Crippen LogP contribution in [0.4, 0.5) is 8.78 Å². The van der Waals surface area contributed by atoms with Gasteiger partial charge in [0.1, 0.15) is 5.01 Å². The first kappa shape index (κ1) is 15.7. The van der Waals surface area contributed by atoms with Gasteiger partial charge in [-0.1, -0.05) is 12.1 Å². The van der Waals surface area contributed by atoms with Crippen molar-refractivity contribution in [1.82, 2.24) is 10.3 Å². The number of para-hydroxylation sites is 1. The molecule has 0 saturated carbocycles. The molecule has 0 spiro atoms. The molecule has 2 rings (SSSR count). The van der Waals surface area contributed by atoms with E-state index in [4.69, 9.17) is 4.74 Å². The van der Waals surface area contributed by atoms with E-state index in [9.17, 15) is 8.78 Å². The predicted molar refractivity (Wildman–Crippen MR) is 77.0 cm³/mol. The molecule has 0 bridgehead atoms. The van der Waals surface area contributed by atoms with Gasteiger partial charge in [0.2, 0.25) is 0 Å². The summed E-state index contributed by atoms with van der Waals surface area (Å²) < 4.78 is 34.6. The van der Waals surface area contributed by atoms with E-state index < -0.39 is 6.61 Å². The third kappa shape index (κ3) is 4.37. The number of aryl methyl sites for hydroxylation is 1. The number of ether oxygens (including phenoxy) is 2. The van der Waals surface area contributed by atoms with Gasteiger partial charge in [-0.2, -0.15) is 8.78 Å². The van der Waals surface area contributed by atoms with Crippen LogP contribution in [0.25, 0.3) is 0 Å². The normalized spacial score (nSPS) is 10.9. The van der Waals surface area contributed by atoms with Crippen LogP contribution in [-0.4, -0.2) is 18.7 Å². The largest absolute Gasteiger partial charge is 0.493 e. The van der Waals surface area contributed by atoms with Crippen LogP contribution in [-0.2, 0) is 13.1 Å². The molecule has 1 aromatic carbocycles. The van der Waals surface area contributed by atoms with Crippen LogP contribution in [0.3, 0.4) is 0 Å². The maximum absolute atomic E-state index is 12.5. The summed E-state index contributed by atoms with van der Waals surface area (Å²) in [7, 11) is 1.42. The molecule has 1 heterocycles. The van der Waals surface area contributed by atoms with E-state index in [2.05, 4.69) is 15.0 Å². The summed E-state index contributed by atoms with van der Waals surface area (Å²) in [5.41, 5.74) is 0.614. The van der Waals surface area contributed by atoms with E-state index in [1.54, 1.807) is 35.7 Å². The molecule has 0 fully saturated rings. The molecule has 4 nitrogen and oxygen atoms in total. The maximum atomic E-state index is 12.5. The number of halogens is 2. The van der Waals surface area contributed by atoms with Gasteiger partial charge in [0, 0.05) is 29.7 Å². The van der Waals surface area contributed by atoms with Gasteiger partial charge in [-0.3, -0.25) is 0 Å². The van der Waals surface area contributed by atoms with Gasteiger partial charge in [0.25, 0.3) is 0 Å². The highest BCUT2D eigenvalue weighted by Crippen LogP contribution is 2.32. The van der Waals surface area contributed by atoms with Crippen LogP contribution in [0.5, 0.6) is 11.5 Å². The first-order valence-electron chi connectivity index (χ1n) is 6.33. The lowest BCUT2D eigenvalue weighted by Gasteiger charge is -2.14. The predicted octanol–water partition coefficient (Wildman–Crippen LogP) is 3.35. The average molecular weight is 314 g/mol. The van der Waals surface area contributed by atoms with E-state index >= 15 is 0 Å². The van der Waals surface area contributed by atoms with Crippen LogP contribution in [0.15, 0.2) is 24.4 Å². The van der Waals surface area contributed by atoms with Crippen LogP contribution < -0.4 is 14.8 Å². The zero-order chi connectivity index (χ0) is 15.2. The summed E-state index contributed by atoms with van der Waals surface area (Å²) in [6, 6.07) is 5.05. The van der Waals surface area contributed by atoms with Crippen molar-refractivity contribution >= 4 is 11.3 Å². The Labute approximate surface area is 125 Å². The van der Waals surface area contributed by atoms with Crippen molar-refractivity contribution in [2.75, 3.05) is 7.11 Å². The molecule has 0 atom stereocenters. The molecule has 0 aliphatic rings. The SMILES string of the molecule is COc1cccc(CNCc2ncc(C)s2)c1OC(F)F. The third-order valence-corrected chi connectivity index (χ3v) is 3.66. The highest BCUT2D eigenvalue weighted by Gasteiger charge is 2.15. The van der Waals surface area contributed by atoms with Crippen LogP contribution in [0.1, 0.15) is 15.4 Å². The topological polar surface area (TPSA) is 43.4 Å². The van der Waals surface area contributed by atoms with Gasteiger partial charge >= 0.3 is 6.61 Å². The molecule has 114 valence electrons. The number of hydrogen-bond donors (Lipinski definition) is 1. The Morgan fingerprint density at radius 2 is 2.14 bits per heavy atom. The van der Waals surface area contributed by atoms with Crippen molar-refractivity contribution in [3.8, 4) is 11.5 Å². The second kappa shape index (κ2) is 7.33. The molecule has 0 unspecified atom stereocenters. The lowest BCUT2D eigenvalue weighted by molar-refractivity contribution is -0.0518. The standard InChI is InChI=1S/C14H16F2N2O2S/c1-9-6-18-12(21-9)8-17-7-10-4-3-5-11(19-2)13(10)20-14(15)16/h3-6,14,17H,7-8H2,1-2H3. The minimum absolute atomic E-state index is 0.0674. The Morgan fingerprint density at radius 1 is 1.33 bits per heavy atom. The lowest BCUT2D eigenvalue weighted by atomic mass is 10.2. The van der Waals surface area contributed by atoms with Gasteiger partial charge in [0.15, 0.2) is 11.5 Å². The molecule has 0 aliphatic heterocycles. The summed E-state index contributed by atoms with van der Waals surface area (Å²) in [5.74, 6) is 0.359. The highest BCUT2D eigenvalue weighted by atomic mass is 32.1. The van der Waals surface area contributed by atoms with Gasteiger partial charge in [0.05, 0.1) is 7.11 Å². The molecule has 21 heavy (non-hydrogen) atoms. The Bertz CT molecular complexity index is 590. The zero-order valence-electron chi connectivity index (χ0n) is 11.7. The Morgan fingerprint density at radius 3 is 2.76 bits per heavy atom. The van der Waals surface area contributed by atoms with Crippen molar-refractivity contribution in [3.63, 3.8) is 0 Å². The lowest BCUT2D eigenvalue weighted by Crippen LogP contribution is -2.14. The third-order valence-electron chi connectivity index (χ3n) is 2.75. The summed E-state index contributed by atoms with van der Waals surface area (Å²) in [6.07, 6.45) is 1.80. The minimum Gasteiger partial charge on any atom is -0.493 e. The molecule has 7 heteroatoms. The Kier molecular flexibility index (Phi) is 5.46. The van der Waals surface area contributed by atoms with E-state index in [-0.39, 0.29) is 5.75 Å². The Balaban J connectivity index is 2.04. The fraction of sp³-hybridized carbons (Fsp3) is 0.357. The van der Waals surface area contributed by atoms with Crippen LogP contribution >= 0.6 is 11.3 Å². The van der Waals surface area contributed by atoms with Crippen molar-refractivity contribution in [2.24, 2.45) is 0 Å². The zero-order valence-corrected chi connectivity index (χ0v) is 12.5. The molecule has 0 saturated heterocycles. The number of benzene rings is 1. The van der Waals surface area contributed by atoms with Crippen LogP contribution in [0.2, 0.25) is 0 Å². The van der Waals surface area contributed by atoms with E-state index in [1.807, 2.05) is 6.92 Å².